The first-order chi connectivity index (χ1) is 13.1. The Hall–Kier alpha value is -3.41. The van der Waals surface area contributed by atoms with Crippen LogP contribution in [0.25, 0.3) is 0 Å². The van der Waals surface area contributed by atoms with Gasteiger partial charge in [-0.25, -0.2) is 9.97 Å². The Bertz CT molecular complexity index is 956. The van der Waals surface area contributed by atoms with Crippen LogP contribution < -0.4 is 15.4 Å². The highest BCUT2D eigenvalue weighted by Gasteiger charge is 2.12. The van der Waals surface area contributed by atoms with Gasteiger partial charge in [0.25, 0.3) is 5.91 Å². The highest BCUT2D eigenvalue weighted by Crippen LogP contribution is 2.25. The van der Waals surface area contributed by atoms with E-state index in [1.165, 1.54) is 17.5 Å². The molecule has 0 bridgehead atoms. The smallest absolute Gasteiger partial charge is 0.274 e. The van der Waals surface area contributed by atoms with E-state index >= 15 is 0 Å². The summed E-state index contributed by atoms with van der Waals surface area (Å²) in [5, 5.41) is 6.08. The van der Waals surface area contributed by atoms with Crippen molar-refractivity contribution in [2.75, 3.05) is 17.7 Å². The molecule has 1 amide bonds. The van der Waals surface area contributed by atoms with Gasteiger partial charge in [0, 0.05) is 12.6 Å². The molecule has 0 aliphatic carbocycles. The molecule has 2 aromatic carbocycles. The Morgan fingerprint density at radius 1 is 1.07 bits per heavy atom. The summed E-state index contributed by atoms with van der Waals surface area (Å²) >= 11 is 0. The van der Waals surface area contributed by atoms with E-state index in [2.05, 4.69) is 39.7 Å². The highest BCUT2D eigenvalue weighted by atomic mass is 16.5. The molecule has 0 saturated heterocycles. The third-order valence-electron chi connectivity index (χ3n) is 4.22. The first kappa shape index (κ1) is 18.4. The van der Waals surface area contributed by atoms with Crippen LogP contribution in [0.5, 0.6) is 5.75 Å². The van der Waals surface area contributed by atoms with Crippen molar-refractivity contribution >= 4 is 17.4 Å². The van der Waals surface area contributed by atoms with Crippen molar-refractivity contribution in [3.05, 3.63) is 77.2 Å². The zero-order chi connectivity index (χ0) is 19.2. The average molecular weight is 362 g/mol. The Morgan fingerprint density at radius 3 is 2.67 bits per heavy atom. The van der Waals surface area contributed by atoms with E-state index in [9.17, 15) is 4.79 Å². The number of amides is 1. The minimum atomic E-state index is -0.319. The van der Waals surface area contributed by atoms with Gasteiger partial charge >= 0.3 is 0 Å². The van der Waals surface area contributed by atoms with E-state index in [4.69, 9.17) is 4.74 Å². The largest absolute Gasteiger partial charge is 0.495 e. The minimum absolute atomic E-state index is 0.279. The number of hydrogen-bond donors (Lipinski definition) is 2. The maximum Gasteiger partial charge on any atom is 0.274 e. The SMILES string of the molecule is COc1ccc(C)cc1NC(=O)c1cc(NCc2ccccc2C)ncn1. The lowest BCUT2D eigenvalue weighted by Crippen LogP contribution is -2.15. The Labute approximate surface area is 158 Å². The molecule has 3 rings (SSSR count). The molecule has 0 aliphatic heterocycles. The number of carbonyl (C=O) groups excluding carboxylic acids is 1. The van der Waals surface area contributed by atoms with Crippen LogP contribution in [0.15, 0.2) is 54.9 Å². The van der Waals surface area contributed by atoms with Gasteiger partial charge in [-0.1, -0.05) is 30.3 Å². The number of aryl methyl sites for hydroxylation is 2. The normalized spacial score (nSPS) is 10.3. The van der Waals surface area contributed by atoms with Crippen LogP contribution in [0.4, 0.5) is 11.5 Å². The van der Waals surface area contributed by atoms with Crippen molar-refractivity contribution < 1.29 is 9.53 Å². The van der Waals surface area contributed by atoms with E-state index in [1.54, 1.807) is 13.2 Å². The summed E-state index contributed by atoms with van der Waals surface area (Å²) in [6.45, 7) is 4.63. The number of aromatic nitrogens is 2. The Balaban J connectivity index is 1.72. The van der Waals surface area contributed by atoms with E-state index in [1.807, 2.05) is 37.3 Å². The molecule has 1 aromatic heterocycles. The number of nitrogens with one attached hydrogen (secondary N) is 2. The summed E-state index contributed by atoms with van der Waals surface area (Å²) in [5.41, 5.74) is 4.28. The maximum atomic E-state index is 12.6. The van der Waals surface area contributed by atoms with Crippen molar-refractivity contribution in [1.29, 1.82) is 0 Å². The number of rotatable bonds is 6. The predicted octanol–water partition coefficient (Wildman–Crippen LogP) is 3.97. The zero-order valence-electron chi connectivity index (χ0n) is 15.6. The average Bonchev–Trinajstić information content (AvgIpc) is 2.68. The second-order valence-electron chi connectivity index (χ2n) is 6.23. The Morgan fingerprint density at radius 2 is 1.89 bits per heavy atom. The molecule has 0 radical (unpaired) electrons. The minimum Gasteiger partial charge on any atom is -0.495 e. The van der Waals surface area contributed by atoms with Gasteiger partial charge in [0.2, 0.25) is 0 Å². The van der Waals surface area contributed by atoms with Gasteiger partial charge in [-0.15, -0.1) is 0 Å². The number of methoxy groups -OCH3 is 1. The number of benzene rings is 2. The van der Waals surface area contributed by atoms with Crippen LogP contribution in [-0.2, 0) is 6.54 Å². The quantitative estimate of drug-likeness (QED) is 0.694. The second-order valence-corrected chi connectivity index (χ2v) is 6.23. The number of carbonyl (C=O) groups is 1. The van der Waals surface area contributed by atoms with Crippen molar-refractivity contribution in [3.8, 4) is 5.75 Å². The van der Waals surface area contributed by atoms with Crippen LogP contribution in [0.1, 0.15) is 27.2 Å². The van der Waals surface area contributed by atoms with Gasteiger partial charge < -0.3 is 15.4 Å². The lowest BCUT2D eigenvalue weighted by atomic mass is 10.1. The van der Waals surface area contributed by atoms with E-state index in [0.717, 1.165) is 5.56 Å². The van der Waals surface area contributed by atoms with E-state index < -0.39 is 0 Å². The molecule has 0 saturated carbocycles. The Kier molecular flexibility index (Phi) is 5.66. The third kappa shape index (κ3) is 4.61. The van der Waals surface area contributed by atoms with Crippen LogP contribution >= 0.6 is 0 Å². The summed E-state index contributed by atoms with van der Waals surface area (Å²) in [4.78, 5) is 20.9. The van der Waals surface area contributed by atoms with Crippen LogP contribution in [0, 0.1) is 13.8 Å². The maximum absolute atomic E-state index is 12.6. The molecule has 3 aromatic rings. The number of nitrogens with zero attached hydrogens (tertiary/aromatic N) is 2. The molecule has 1 heterocycles. The molecular formula is C21H22N4O2. The summed E-state index contributed by atoms with van der Waals surface area (Å²) in [5.74, 6) is 0.871. The molecule has 27 heavy (non-hydrogen) atoms. The molecule has 6 nitrogen and oxygen atoms in total. The fraction of sp³-hybridized carbons (Fsp3) is 0.190. The van der Waals surface area contributed by atoms with Gasteiger partial charge in [0.1, 0.15) is 23.6 Å². The highest BCUT2D eigenvalue weighted by molar-refractivity contribution is 6.04. The van der Waals surface area contributed by atoms with Crippen molar-refractivity contribution in [1.82, 2.24) is 9.97 Å². The molecular weight excluding hydrogens is 340 g/mol. The lowest BCUT2D eigenvalue weighted by Gasteiger charge is -2.11. The first-order valence-corrected chi connectivity index (χ1v) is 8.63. The summed E-state index contributed by atoms with van der Waals surface area (Å²) in [7, 11) is 1.57. The molecule has 0 spiro atoms. The second kappa shape index (κ2) is 8.31. The van der Waals surface area contributed by atoms with Gasteiger partial charge in [-0.2, -0.15) is 0 Å². The third-order valence-corrected chi connectivity index (χ3v) is 4.22. The van der Waals surface area contributed by atoms with E-state index in [-0.39, 0.29) is 11.6 Å². The summed E-state index contributed by atoms with van der Waals surface area (Å²) < 4.78 is 5.30. The summed E-state index contributed by atoms with van der Waals surface area (Å²) in [6.07, 6.45) is 1.38. The fourth-order valence-electron chi connectivity index (χ4n) is 2.68. The van der Waals surface area contributed by atoms with Crippen molar-refractivity contribution in [3.63, 3.8) is 0 Å². The first-order valence-electron chi connectivity index (χ1n) is 8.63. The molecule has 0 atom stereocenters. The molecule has 6 heteroatoms. The number of anilines is 2. The number of ether oxygens (including phenoxy) is 1. The molecule has 0 aliphatic rings. The zero-order valence-corrected chi connectivity index (χ0v) is 15.6. The van der Waals surface area contributed by atoms with Crippen molar-refractivity contribution in [2.24, 2.45) is 0 Å². The molecule has 138 valence electrons. The fourth-order valence-corrected chi connectivity index (χ4v) is 2.68. The van der Waals surface area contributed by atoms with E-state index in [0.29, 0.717) is 23.8 Å². The van der Waals surface area contributed by atoms with Crippen LogP contribution in [0.3, 0.4) is 0 Å². The molecule has 2 N–H and O–H groups in total. The van der Waals surface area contributed by atoms with Gasteiger partial charge in [-0.3, -0.25) is 4.79 Å². The van der Waals surface area contributed by atoms with Crippen LogP contribution in [0.2, 0.25) is 0 Å². The van der Waals surface area contributed by atoms with Gasteiger partial charge in [0.15, 0.2) is 0 Å². The monoisotopic (exact) mass is 362 g/mol. The number of hydrogen-bond acceptors (Lipinski definition) is 5. The summed E-state index contributed by atoms with van der Waals surface area (Å²) in [6, 6.07) is 15.4. The molecule has 0 fully saturated rings. The topological polar surface area (TPSA) is 76.1 Å². The van der Waals surface area contributed by atoms with Crippen LogP contribution in [-0.4, -0.2) is 23.0 Å². The lowest BCUT2D eigenvalue weighted by molar-refractivity contribution is 0.102. The van der Waals surface area contributed by atoms with Crippen molar-refractivity contribution in [2.45, 2.75) is 20.4 Å². The molecule has 0 unspecified atom stereocenters. The predicted molar refractivity (Wildman–Crippen MR) is 106 cm³/mol. The van der Waals surface area contributed by atoms with Gasteiger partial charge in [0.05, 0.1) is 12.8 Å². The van der Waals surface area contributed by atoms with Gasteiger partial charge in [-0.05, 0) is 42.7 Å². The standard InChI is InChI=1S/C21H22N4O2/c1-14-8-9-19(27-3)17(10-14)25-21(26)18-11-20(24-13-23-18)22-12-16-7-5-4-6-15(16)2/h4-11,13H,12H2,1-3H3,(H,25,26)(H,22,23,24).